The summed E-state index contributed by atoms with van der Waals surface area (Å²) in [5.41, 5.74) is 1.00. The van der Waals surface area contributed by atoms with E-state index in [0.29, 0.717) is 19.5 Å². The fraction of sp³-hybridized carbons (Fsp3) is 0.462. The van der Waals surface area contributed by atoms with Crippen molar-refractivity contribution in [2.75, 3.05) is 19.7 Å². The van der Waals surface area contributed by atoms with Crippen molar-refractivity contribution in [3.8, 4) is 0 Å². The lowest BCUT2D eigenvalue weighted by atomic mass is 10.2. The van der Waals surface area contributed by atoms with Crippen LogP contribution in [0.4, 0.5) is 4.79 Å². The van der Waals surface area contributed by atoms with Crippen LogP contribution < -0.4 is 0 Å². The van der Waals surface area contributed by atoms with Gasteiger partial charge in [0, 0.05) is 13.1 Å². The van der Waals surface area contributed by atoms with E-state index in [1.54, 1.807) is 24.3 Å². The predicted octanol–water partition coefficient (Wildman–Crippen LogP) is 1.17. The summed E-state index contributed by atoms with van der Waals surface area (Å²) in [4.78, 5) is 13.3. The normalized spacial score (nSPS) is 23.6. The number of nitrogens with zero attached hydrogens (tertiary/aromatic N) is 2. The first-order valence-corrected chi connectivity index (χ1v) is 7.96. The summed E-state index contributed by atoms with van der Waals surface area (Å²) < 4.78 is 31.7. The first-order valence-electron chi connectivity index (χ1n) is 6.52. The Morgan fingerprint density at radius 3 is 2.60 bits per heavy atom. The van der Waals surface area contributed by atoms with Crippen molar-refractivity contribution < 1.29 is 17.9 Å². The maximum atomic E-state index is 12.7. The van der Waals surface area contributed by atoms with Crippen molar-refractivity contribution in [2.45, 2.75) is 24.4 Å². The van der Waals surface area contributed by atoms with Gasteiger partial charge in [-0.2, -0.15) is 4.31 Å². The molecule has 0 bridgehead atoms. The molecule has 1 aromatic carbocycles. The number of carbonyl (C=O) groups is 1. The quantitative estimate of drug-likeness (QED) is 0.821. The molecule has 2 aliphatic heterocycles. The maximum Gasteiger partial charge on any atom is 0.411 e. The lowest BCUT2D eigenvalue weighted by Gasteiger charge is -2.36. The lowest BCUT2D eigenvalue weighted by Crippen LogP contribution is -2.54. The molecule has 3 rings (SSSR count). The summed E-state index contributed by atoms with van der Waals surface area (Å²) in [6.07, 6.45) is -0.321. The number of cyclic esters (lactones) is 1. The maximum absolute atomic E-state index is 12.7. The van der Waals surface area contributed by atoms with Gasteiger partial charge in [0.15, 0.2) is 0 Å². The van der Waals surface area contributed by atoms with E-state index in [2.05, 4.69) is 0 Å². The highest BCUT2D eigenvalue weighted by molar-refractivity contribution is 7.89. The van der Waals surface area contributed by atoms with Crippen LogP contribution >= 0.6 is 0 Å². The topological polar surface area (TPSA) is 66.9 Å². The van der Waals surface area contributed by atoms with Crippen LogP contribution in [0, 0.1) is 6.92 Å². The molecular formula is C13H16N2O4S. The number of benzene rings is 1. The molecule has 2 saturated heterocycles. The van der Waals surface area contributed by atoms with Crippen molar-refractivity contribution in [1.29, 1.82) is 0 Å². The Kier molecular flexibility index (Phi) is 3.18. The van der Waals surface area contributed by atoms with Gasteiger partial charge in [0.05, 0.1) is 4.90 Å². The van der Waals surface area contributed by atoms with Crippen LogP contribution in [0.3, 0.4) is 0 Å². The molecule has 0 N–H and O–H groups in total. The van der Waals surface area contributed by atoms with Crippen LogP contribution in [-0.2, 0) is 14.8 Å². The molecule has 0 unspecified atom stereocenters. The van der Waals surface area contributed by atoms with Crippen LogP contribution in [0.25, 0.3) is 0 Å². The second-order valence-electron chi connectivity index (χ2n) is 5.03. The number of aryl methyl sites for hydroxylation is 1. The molecule has 1 aromatic rings. The summed E-state index contributed by atoms with van der Waals surface area (Å²) in [6.45, 7) is 2.96. The lowest BCUT2D eigenvalue weighted by molar-refractivity contribution is 0.121. The van der Waals surface area contributed by atoms with Crippen LogP contribution in [-0.4, -0.2) is 49.6 Å². The van der Waals surface area contributed by atoms with E-state index in [4.69, 9.17) is 4.74 Å². The summed E-state index contributed by atoms with van der Waals surface area (Å²) in [5, 5.41) is 0. The largest absolute Gasteiger partial charge is 0.446 e. The first kappa shape index (κ1) is 13.4. The fourth-order valence-electron chi connectivity index (χ4n) is 2.59. The fourth-order valence-corrected chi connectivity index (χ4v) is 4.21. The third-order valence-electron chi connectivity index (χ3n) is 3.69. The van der Waals surface area contributed by atoms with E-state index in [-0.39, 0.29) is 11.5 Å². The van der Waals surface area contributed by atoms with Gasteiger partial charge in [0.25, 0.3) is 0 Å². The minimum atomic E-state index is -3.60. The second-order valence-corrected chi connectivity index (χ2v) is 6.92. The molecule has 20 heavy (non-hydrogen) atoms. The third kappa shape index (κ3) is 2.06. The van der Waals surface area contributed by atoms with Crippen molar-refractivity contribution in [2.24, 2.45) is 0 Å². The first-order chi connectivity index (χ1) is 9.50. The Balaban J connectivity index is 1.94. The van der Waals surface area contributed by atoms with Gasteiger partial charge >= 0.3 is 6.09 Å². The van der Waals surface area contributed by atoms with E-state index < -0.39 is 22.3 Å². The summed E-state index contributed by atoms with van der Waals surface area (Å²) in [6, 6.07) is 6.73. The van der Waals surface area contributed by atoms with Crippen LogP contribution in [0.1, 0.15) is 12.0 Å². The Morgan fingerprint density at radius 1 is 1.20 bits per heavy atom. The highest BCUT2D eigenvalue weighted by Crippen LogP contribution is 2.27. The Morgan fingerprint density at radius 2 is 1.90 bits per heavy atom. The number of fused-ring (bicyclic) bond motifs is 1. The molecule has 0 saturated carbocycles. The number of hydrogen-bond donors (Lipinski definition) is 0. The molecule has 6 nitrogen and oxygen atoms in total. The second kappa shape index (κ2) is 4.75. The SMILES string of the molecule is Cc1ccc(S(=O)(=O)N2CCCN3C(=O)OC[C@@H]32)cc1. The Bertz CT molecular complexity index is 626. The molecule has 108 valence electrons. The Labute approximate surface area is 118 Å². The van der Waals surface area contributed by atoms with Gasteiger partial charge in [-0.1, -0.05) is 17.7 Å². The average molecular weight is 296 g/mol. The van der Waals surface area contributed by atoms with Gasteiger partial charge in [0.2, 0.25) is 10.0 Å². The van der Waals surface area contributed by atoms with Gasteiger partial charge in [-0.25, -0.2) is 13.2 Å². The number of rotatable bonds is 2. The van der Waals surface area contributed by atoms with E-state index in [1.807, 2.05) is 6.92 Å². The zero-order valence-electron chi connectivity index (χ0n) is 11.2. The van der Waals surface area contributed by atoms with E-state index in [0.717, 1.165) is 5.56 Å². The summed E-state index contributed by atoms with van der Waals surface area (Å²) >= 11 is 0. The standard InChI is InChI=1S/C13H16N2O4S/c1-10-3-5-11(6-4-10)20(17,18)15-8-2-7-14-12(15)9-19-13(14)16/h3-6,12H,2,7-9H2,1H3/t12-/m0/s1. The molecule has 1 atom stereocenters. The molecular weight excluding hydrogens is 280 g/mol. The average Bonchev–Trinajstić information content (AvgIpc) is 2.81. The number of amides is 1. The minimum Gasteiger partial charge on any atom is -0.446 e. The van der Waals surface area contributed by atoms with Crippen LogP contribution in [0.5, 0.6) is 0 Å². The van der Waals surface area contributed by atoms with E-state index in [9.17, 15) is 13.2 Å². The zero-order valence-corrected chi connectivity index (χ0v) is 12.0. The van der Waals surface area contributed by atoms with Crippen LogP contribution in [0.15, 0.2) is 29.2 Å². The molecule has 0 aliphatic carbocycles. The summed E-state index contributed by atoms with van der Waals surface area (Å²) in [5.74, 6) is 0. The van der Waals surface area contributed by atoms with E-state index >= 15 is 0 Å². The number of sulfonamides is 1. The smallest absolute Gasteiger partial charge is 0.411 e. The minimum absolute atomic E-state index is 0.101. The van der Waals surface area contributed by atoms with Crippen molar-refractivity contribution >= 4 is 16.1 Å². The molecule has 0 spiro atoms. The van der Waals surface area contributed by atoms with E-state index in [1.165, 1.54) is 9.21 Å². The summed E-state index contributed by atoms with van der Waals surface area (Å²) in [7, 11) is -3.60. The number of carbonyl (C=O) groups excluding carboxylic acids is 1. The van der Waals surface area contributed by atoms with Gasteiger partial charge in [-0.05, 0) is 25.5 Å². The van der Waals surface area contributed by atoms with Gasteiger partial charge in [-0.15, -0.1) is 0 Å². The highest BCUT2D eigenvalue weighted by atomic mass is 32.2. The van der Waals surface area contributed by atoms with Crippen molar-refractivity contribution in [1.82, 2.24) is 9.21 Å². The molecule has 2 fully saturated rings. The zero-order chi connectivity index (χ0) is 14.3. The Hall–Kier alpha value is -1.60. The van der Waals surface area contributed by atoms with Gasteiger partial charge in [0.1, 0.15) is 12.8 Å². The monoisotopic (exact) mass is 296 g/mol. The molecule has 7 heteroatoms. The highest BCUT2D eigenvalue weighted by Gasteiger charge is 2.44. The molecule has 1 amide bonds. The number of hydrogen-bond acceptors (Lipinski definition) is 4. The molecule has 2 aliphatic rings. The predicted molar refractivity (Wildman–Crippen MR) is 71.5 cm³/mol. The number of ether oxygens (including phenoxy) is 1. The van der Waals surface area contributed by atoms with Gasteiger partial charge < -0.3 is 4.74 Å². The molecule has 0 aromatic heterocycles. The van der Waals surface area contributed by atoms with Crippen LogP contribution in [0.2, 0.25) is 0 Å². The third-order valence-corrected chi connectivity index (χ3v) is 5.60. The van der Waals surface area contributed by atoms with Crippen molar-refractivity contribution in [3.05, 3.63) is 29.8 Å². The molecule has 2 heterocycles. The molecule has 0 radical (unpaired) electrons. The van der Waals surface area contributed by atoms with Gasteiger partial charge in [-0.3, -0.25) is 4.90 Å². The van der Waals surface area contributed by atoms with Crippen molar-refractivity contribution in [3.63, 3.8) is 0 Å².